The molecular weight excluding hydrogens is 556 g/mol. The maximum atomic E-state index is 12.3. The minimum absolute atomic E-state index is 0.0848. The van der Waals surface area contributed by atoms with Crippen LogP contribution in [0, 0.1) is 12.8 Å². The largest absolute Gasteiger partial charge is 0.478 e. The molecule has 3 heterocycles. The summed E-state index contributed by atoms with van der Waals surface area (Å²) >= 11 is 5.79. The van der Waals surface area contributed by atoms with Crippen LogP contribution in [0.4, 0.5) is 11.4 Å². The normalized spacial score (nSPS) is 16.4. The zero-order valence-electron chi connectivity index (χ0n) is 23.0. The van der Waals surface area contributed by atoms with Crippen molar-refractivity contribution in [1.29, 1.82) is 0 Å². The molecule has 1 fully saturated rings. The highest BCUT2D eigenvalue weighted by Gasteiger charge is 2.42. The molecule has 2 aromatic carbocycles. The Labute approximate surface area is 247 Å². The summed E-state index contributed by atoms with van der Waals surface area (Å²) in [7, 11) is 0. The van der Waals surface area contributed by atoms with Gasteiger partial charge >= 0.3 is 11.9 Å². The Balaban J connectivity index is 1.58. The van der Waals surface area contributed by atoms with Crippen LogP contribution in [0.3, 0.4) is 0 Å². The number of thiocarbonyl (C=S) groups is 1. The van der Waals surface area contributed by atoms with Crippen LogP contribution >= 0.6 is 12.2 Å². The number of hydrogen-bond donors (Lipinski definition) is 4. The summed E-state index contributed by atoms with van der Waals surface area (Å²) in [4.78, 5) is 42.1. The maximum Gasteiger partial charge on any atom is 0.335 e. The van der Waals surface area contributed by atoms with Crippen molar-refractivity contribution in [2.75, 3.05) is 10.2 Å². The Hall–Kier alpha value is -5.03. The number of anilines is 2. The third-order valence-corrected chi connectivity index (χ3v) is 7.31. The van der Waals surface area contributed by atoms with E-state index >= 15 is 0 Å². The smallest absolute Gasteiger partial charge is 0.335 e. The molecule has 214 valence electrons. The third-order valence-electron chi connectivity index (χ3n) is 7.00. The Morgan fingerprint density at radius 1 is 1.00 bits per heavy atom. The van der Waals surface area contributed by atoms with E-state index in [4.69, 9.17) is 16.6 Å². The molecule has 1 saturated heterocycles. The number of benzene rings is 2. The number of nitrogens with one attached hydrogen (secondary N) is 2. The van der Waals surface area contributed by atoms with Gasteiger partial charge in [-0.3, -0.25) is 9.78 Å². The van der Waals surface area contributed by atoms with E-state index in [2.05, 4.69) is 15.6 Å². The number of nitrogens with zero attached hydrogens (tertiary/aromatic N) is 2. The van der Waals surface area contributed by atoms with Gasteiger partial charge < -0.3 is 30.2 Å². The number of carbonyl (C=O) groups excluding carboxylic acids is 1. The molecule has 0 aliphatic carbocycles. The van der Waals surface area contributed by atoms with E-state index < -0.39 is 24.0 Å². The molecule has 1 aliphatic heterocycles. The molecule has 42 heavy (non-hydrogen) atoms. The number of hydrogen-bond acceptors (Lipinski definition) is 6. The molecule has 2 aromatic heterocycles. The van der Waals surface area contributed by atoms with Gasteiger partial charge in [0.25, 0.3) is 0 Å². The highest BCUT2D eigenvalue weighted by atomic mass is 32.1. The van der Waals surface area contributed by atoms with Crippen LogP contribution in [0.25, 0.3) is 11.3 Å². The Kier molecular flexibility index (Phi) is 7.77. The summed E-state index contributed by atoms with van der Waals surface area (Å²) in [6.07, 6.45) is 1.69. The summed E-state index contributed by atoms with van der Waals surface area (Å²) in [5.41, 5.74) is 3.00. The zero-order chi connectivity index (χ0) is 30.1. The van der Waals surface area contributed by atoms with Crippen molar-refractivity contribution in [3.05, 3.63) is 101 Å². The van der Waals surface area contributed by atoms with Gasteiger partial charge in [-0.25, -0.2) is 9.59 Å². The van der Waals surface area contributed by atoms with Crippen LogP contribution in [0.1, 0.15) is 63.7 Å². The molecule has 1 aliphatic rings. The average Bonchev–Trinajstić information content (AvgIpc) is 3.59. The van der Waals surface area contributed by atoms with Crippen LogP contribution in [0.2, 0.25) is 0 Å². The molecule has 4 aromatic rings. The number of carbonyl (C=O) groups is 3. The fraction of sp³-hybridized carbons (Fsp3) is 0.194. The summed E-state index contributed by atoms with van der Waals surface area (Å²) in [5, 5.41) is 25.8. The molecule has 1 amide bonds. The first-order chi connectivity index (χ1) is 20.0. The Morgan fingerprint density at radius 3 is 2.31 bits per heavy atom. The van der Waals surface area contributed by atoms with E-state index in [0.29, 0.717) is 27.9 Å². The van der Waals surface area contributed by atoms with Crippen LogP contribution < -0.4 is 15.5 Å². The number of carboxylic acids is 2. The van der Waals surface area contributed by atoms with Crippen molar-refractivity contribution in [3.8, 4) is 11.3 Å². The highest BCUT2D eigenvalue weighted by molar-refractivity contribution is 7.80. The molecule has 2 unspecified atom stereocenters. The second kappa shape index (κ2) is 11.5. The molecule has 0 saturated carbocycles. The molecule has 11 heteroatoms. The number of furan rings is 1. The standard InChI is InChI=1S/C31H28N4O6S/c1-16(2)28(36)33-22-8-7-21(12-17(22)3)35-27(26(34-31(35)42)23-6-4-5-11-32-23)25-10-9-24(41-25)18-13-19(29(37)38)15-20(14-18)30(39)40/h4-16,26-27H,1-3H3,(H,33,36)(H,34,42)(H,37,38)(H,39,40). The van der Waals surface area contributed by atoms with E-state index in [1.807, 2.05) is 62.1 Å². The first-order valence-electron chi connectivity index (χ1n) is 13.2. The number of pyridine rings is 1. The molecule has 10 nitrogen and oxygen atoms in total. The van der Waals surface area contributed by atoms with Gasteiger partial charge in [0.15, 0.2) is 5.11 Å². The van der Waals surface area contributed by atoms with Crippen molar-refractivity contribution < 1.29 is 29.0 Å². The van der Waals surface area contributed by atoms with Crippen LogP contribution in [0.5, 0.6) is 0 Å². The third kappa shape index (κ3) is 5.59. The monoisotopic (exact) mass is 584 g/mol. The van der Waals surface area contributed by atoms with Gasteiger partial charge in [-0.2, -0.15) is 0 Å². The summed E-state index contributed by atoms with van der Waals surface area (Å²) in [5.74, 6) is -1.95. The zero-order valence-corrected chi connectivity index (χ0v) is 23.8. The van der Waals surface area contributed by atoms with Crippen LogP contribution in [-0.4, -0.2) is 38.2 Å². The van der Waals surface area contributed by atoms with E-state index in [1.54, 1.807) is 18.3 Å². The van der Waals surface area contributed by atoms with E-state index in [9.17, 15) is 24.6 Å². The van der Waals surface area contributed by atoms with Gasteiger partial charge in [0.2, 0.25) is 5.91 Å². The fourth-order valence-corrected chi connectivity index (χ4v) is 5.17. The second-order valence-corrected chi connectivity index (χ2v) is 10.6. The first-order valence-corrected chi connectivity index (χ1v) is 13.6. The molecular formula is C31H28N4O6S. The molecule has 4 N–H and O–H groups in total. The maximum absolute atomic E-state index is 12.3. The van der Waals surface area contributed by atoms with Gasteiger partial charge in [-0.1, -0.05) is 19.9 Å². The lowest BCUT2D eigenvalue weighted by atomic mass is 10.0. The lowest BCUT2D eigenvalue weighted by Gasteiger charge is -2.27. The van der Waals surface area contributed by atoms with Crippen molar-refractivity contribution in [1.82, 2.24) is 10.3 Å². The Morgan fingerprint density at radius 2 is 1.71 bits per heavy atom. The predicted molar refractivity (Wildman–Crippen MR) is 161 cm³/mol. The quantitative estimate of drug-likeness (QED) is 0.187. The number of aromatic carboxylic acids is 2. The van der Waals surface area contributed by atoms with Crippen molar-refractivity contribution in [2.24, 2.45) is 5.92 Å². The van der Waals surface area contributed by atoms with Gasteiger partial charge in [0.05, 0.1) is 22.9 Å². The molecule has 0 bridgehead atoms. The summed E-state index contributed by atoms with van der Waals surface area (Å²) in [6, 6.07) is 17.6. The van der Waals surface area contributed by atoms with Crippen LogP contribution in [0.15, 0.2) is 77.3 Å². The number of aryl methyl sites for hydroxylation is 1. The lowest BCUT2D eigenvalue weighted by molar-refractivity contribution is -0.118. The minimum Gasteiger partial charge on any atom is -0.478 e. The summed E-state index contributed by atoms with van der Waals surface area (Å²) < 4.78 is 6.30. The van der Waals surface area contributed by atoms with Crippen LogP contribution in [-0.2, 0) is 4.79 Å². The van der Waals surface area contributed by atoms with Gasteiger partial charge in [-0.15, -0.1) is 0 Å². The topological polar surface area (TPSA) is 145 Å². The Bertz CT molecular complexity index is 1670. The number of carboxylic acid groups (broad SMARTS) is 2. The van der Waals surface area contributed by atoms with E-state index in [-0.39, 0.29) is 23.0 Å². The molecule has 0 spiro atoms. The molecule has 2 atom stereocenters. The average molecular weight is 585 g/mol. The minimum atomic E-state index is -1.25. The summed E-state index contributed by atoms with van der Waals surface area (Å²) in [6.45, 7) is 5.55. The van der Waals surface area contributed by atoms with Gasteiger partial charge in [0.1, 0.15) is 17.6 Å². The van der Waals surface area contributed by atoms with Gasteiger partial charge in [0, 0.05) is 29.1 Å². The van der Waals surface area contributed by atoms with E-state index in [0.717, 1.165) is 23.0 Å². The first kappa shape index (κ1) is 28.5. The lowest BCUT2D eigenvalue weighted by Crippen LogP contribution is -2.29. The van der Waals surface area contributed by atoms with Crippen molar-refractivity contribution >= 4 is 46.6 Å². The van der Waals surface area contributed by atoms with Crippen molar-refractivity contribution in [2.45, 2.75) is 32.9 Å². The van der Waals surface area contributed by atoms with E-state index in [1.165, 1.54) is 12.1 Å². The molecule has 0 radical (unpaired) electrons. The van der Waals surface area contributed by atoms with Crippen molar-refractivity contribution in [3.63, 3.8) is 0 Å². The number of rotatable bonds is 8. The SMILES string of the molecule is Cc1cc(N2C(=S)NC(c3ccccn3)C2c2ccc(-c3cc(C(=O)O)cc(C(=O)O)c3)o2)ccc1NC(=O)C(C)C. The second-order valence-electron chi connectivity index (χ2n) is 10.3. The molecule has 5 rings (SSSR count). The number of amides is 1. The predicted octanol–water partition coefficient (Wildman–Crippen LogP) is 5.82. The fourth-order valence-electron chi connectivity index (χ4n) is 4.82. The van der Waals surface area contributed by atoms with Gasteiger partial charge in [-0.05, 0) is 85.4 Å². The highest BCUT2D eigenvalue weighted by Crippen LogP contribution is 2.43. The number of aromatic nitrogens is 1.